The van der Waals surface area contributed by atoms with E-state index in [2.05, 4.69) is 9.97 Å². The van der Waals surface area contributed by atoms with Crippen molar-refractivity contribution < 1.29 is 5.11 Å². The van der Waals surface area contributed by atoms with Crippen molar-refractivity contribution in [2.75, 3.05) is 0 Å². The van der Waals surface area contributed by atoms with Crippen LogP contribution >= 0.6 is 0 Å². The minimum absolute atomic E-state index is 0.484. The van der Waals surface area contributed by atoms with Crippen LogP contribution in [-0.4, -0.2) is 21.2 Å². The number of aromatic nitrogens is 2. The van der Waals surface area contributed by atoms with Crippen LogP contribution < -0.4 is 0 Å². The van der Waals surface area contributed by atoms with Crippen LogP contribution in [0.4, 0.5) is 0 Å². The second-order valence-corrected chi connectivity index (χ2v) is 4.74. The molecule has 3 rings (SSSR count). The number of aliphatic hydroxyl groups excluding tert-OH is 1. The molecule has 1 aromatic heterocycles. The van der Waals surface area contributed by atoms with Gasteiger partial charge in [0.25, 0.3) is 0 Å². The lowest BCUT2D eigenvalue weighted by Gasteiger charge is -2.02. The lowest BCUT2D eigenvalue weighted by atomic mass is 10.1. The monoisotopic (exact) mass is 264 g/mol. The first-order chi connectivity index (χ1) is 9.81. The fraction of sp³-hybridized carbons (Fsp3) is 0.118. The molecule has 0 bridgehead atoms. The Bertz CT molecular complexity index is 683. The number of para-hydroxylation sites is 2. The number of imidazole rings is 1. The highest BCUT2D eigenvalue weighted by Gasteiger charge is 2.06. The highest BCUT2D eigenvalue weighted by Crippen LogP contribution is 2.12. The van der Waals surface area contributed by atoms with E-state index in [-0.39, 0.29) is 0 Å². The second-order valence-electron chi connectivity index (χ2n) is 4.74. The lowest BCUT2D eigenvalue weighted by Crippen LogP contribution is -2.07. The van der Waals surface area contributed by atoms with E-state index in [1.807, 2.05) is 60.7 Å². The Balaban J connectivity index is 1.69. The molecule has 0 aliphatic rings. The maximum atomic E-state index is 10.0. The first-order valence-electron chi connectivity index (χ1n) is 6.66. The summed E-state index contributed by atoms with van der Waals surface area (Å²) < 4.78 is 0. The van der Waals surface area contributed by atoms with Gasteiger partial charge in [-0.2, -0.15) is 0 Å². The summed E-state index contributed by atoms with van der Waals surface area (Å²) in [5.74, 6) is 0.802. The van der Waals surface area contributed by atoms with Crippen molar-refractivity contribution in [3.05, 3.63) is 72.1 Å². The third-order valence-electron chi connectivity index (χ3n) is 3.15. The van der Waals surface area contributed by atoms with Crippen LogP contribution in [-0.2, 0) is 6.42 Å². The van der Waals surface area contributed by atoms with Crippen molar-refractivity contribution in [1.29, 1.82) is 0 Å². The van der Waals surface area contributed by atoms with Gasteiger partial charge >= 0.3 is 0 Å². The van der Waals surface area contributed by atoms with Gasteiger partial charge in [0.15, 0.2) is 0 Å². The van der Waals surface area contributed by atoms with Gasteiger partial charge in [-0.1, -0.05) is 54.6 Å². The summed E-state index contributed by atoms with van der Waals surface area (Å²) in [4.78, 5) is 7.68. The maximum Gasteiger partial charge on any atom is 0.110 e. The van der Waals surface area contributed by atoms with E-state index in [1.54, 1.807) is 6.08 Å². The van der Waals surface area contributed by atoms with Crippen LogP contribution in [0, 0.1) is 0 Å². The topological polar surface area (TPSA) is 48.9 Å². The molecule has 20 heavy (non-hydrogen) atoms. The summed E-state index contributed by atoms with van der Waals surface area (Å²) in [7, 11) is 0. The Labute approximate surface area is 117 Å². The fourth-order valence-corrected chi connectivity index (χ4v) is 2.15. The highest BCUT2D eigenvalue weighted by molar-refractivity contribution is 5.74. The summed E-state index contributed by atoms with van der Waals surface area (Å²) in [6.07, 6.45) is 3.66. The minimum Gasteiger partial charge on any atom is -0.389 e. The molecule has 2 N–H and O–H groups in total. The summed E-state index contributed by atoms with van der Waals surface area (Å²) in [6, 6.07) is 17.8. The Hall–Kier alpha value is -2.39. The van der Waals surface area contributed by atoms with Crippen molar-refractivity contribution in [2.45, 2.75) is 12.5 Å². The Morgan fingerprint density at radius 2 is 1.80 bits per heavy atom. The second kappa shape index (κ2) is 5.72. The van der Waals surface area contributed by atoms with Crippen LogP contribution in [0.2, 0.25) is 0 Å². The van der Waals surface area contributed by atoms with E-state index < -0.39 is 6.10 Å². The van der Waals surface area contributed by atoms with Crippen molar-refractivity contribution in [3.8, 4) is 0 Å². The predicted molar refractivity (Wildman–Crippen MR) is 81.3 cm³/mol. The average molecular weight is 264 g/mol. The first-order valence-corrected chi connectivity index (χ1v) is 6.66. The van der Waals surface area contributed by atoms with Crippen LogP contribution in [0.1, 0.15) is 11.4 Å². The van der Waals surface area contributed by atoms with Crippen molar-refractivity contribution >= 4 is 17.1 Å². The molecule has 0 unspecified atom stereocenters. The van der Waals surface area contributed by atoms with Gasteiger partial charge < -0.3 is 10.1 Å². The van der Waals surface area contributed by atoms with E-state index >= 15 is 0 Å². The zero-order valence-corrected chi connectivity index (χ0v) is 11.0. The van der Waals surface area contributed by atoms with Crippen LogP contribution in [0.3, 0.4) is 0 Å². The Morgan fingerprint density at radius 1 is 1.05 bits per heavy atom. The number of hydrogen-bond donors (Lipinski definition) is 2. The summed E-state index contributed by atoms with van der Waals surface area (Å²) >= 11 is 0. The van der Waals surface area contributed by atoms with Gasteiger partial charge in [0, 0.05) is 6.42 Å². The lowest BCUT2D eigenvalue weighted by molar-refractivity contribution is 0.222. The third-order valence-corrected chi connectivity index (χ3v) is 3.15. The predicted octanol–water partition coefficient (Wildman–Crippen LogP) is 3.18. The van der Waals surface area contributed by atoms with E-state index in [1.165, 1.54) is 0 Å². The number of hydrogen-bond acceptors (Lipinski definition) is 2. The number of nitrogens with one attached hydrogen (secondary N) is 1. The number of rotatable bonds is 4. The van der Waals surface area contributed by atoms with Gasteiger partial charge in [0.2, 0.25) is 0 Å². The summed E-state index contributed by atoms with van der Waals surface area (Å²) in [5.41, 5.74) is 3.01. The van der Waals surface area contributed by atoms with E-state index in [9.17, 15) is 5.11 Å². The van der Waals surface area contributed by atoms with Crippen molar-refractivity contribution in [3.63, 3.8) is 0 Å². The molecule has 100 valence electrons. The molecule has 0 radical (unpaired) electrons. The molecule has 0 saturated heterocycles. The molecule has 0 amide bonds. The van der Waals surface area contributed by atoms with Crippen molar-refractivity contribution in [2.24, 2.45) is 0 Å². The van der Waals surface area contributed by atoms with Gasteiger partial charge in [0.05, 0.1) is 17.1 Å². The zero-order valence-electron chi connectivity index (χ0n) is 11.0. The summed E-state index contributed by atoms with van der Waals surface area (Å²) in [5, 5.41) is 10.0. The molecule has 1 heterocycles. The fourth-order valence-electron chi connectivity index (χ4n) is 2.15. The number of benzene rings is 2. The van der Waals surface area contributed by atoms with Crippen LogP contribution in [0.25, 0.3) is 17.1 Å². The van der Waals surface area contributed by atoms with Gasteiger partial charge in [0.1, 0.15) is 5.82 Å². The molecule has 0 aliphatic carbocycles. The van der Waals surface area contributed by atoms with Gasteiger partial charge in [-0.05, 0) is 17.7 Å². The molecular formula is C17H16N2O. The van der Waals surface area contributed by atoms with E-state index in [0.717, 1.165) is 22.4 Å². The molecule has 2 aromatic carbocycles. The van der Waals surface area contributed by atoms with Gasteiger partial charge in [-0.15, -0.1) is 0 Å². The molecule has 0 saturated carbocycles. The molecule has 3 heteroatoms. The molecule has 0 fully saturated rings. The third kappa shape index (κ3) is 2.95. The number of nitrogens with zero attached hydrogens (tertiary/aromatic N) is 1. The number of aromatic amines is 1. The molecular weight excluding hydrogens is 248 g/mol. The molecule has 1 atom stereocenters. The highest BCUT2D eigenvalue weighted by atomic mass is 16.3. The van der Waals surface area contributed by atoms with Crippen LogP contribution in [0.5, 0.6) is 0 Å². The molecule has 0 spiro atoms. The van der Waals surface area contributed by atoms with Gasteiger partial charge in [-0.3, -0.25) is 0 Å². The molecule has 3 nitrogen and oxygen atoms in total. The quantitative estimate of drug-likeness (QED) is 0.760. The smallest absolute Gasteiger partial charge is 0.110 e. The largest absolute Gasteiger partial charge is 0.389 e. The Morgan fingerprint density at radius 3 is 2.60 bits per heavy atom. The summed E-state index contributed by atoms with van der Waals surface area (Å²) in [6.45, 7) is 0. The number of H-pyrrole nitrogens is 1. The maximum absolute atomic E-state index is 10.0. The first kappa shape index (κ1) is 12.6. The number of aliphatic hydroxyl groups is 1. The van der Waals surface area contributed by atoms with E-state index in [4.69, 9.17) is 0 Å². The average Bonchev–Trinajstić information content (AvgIpc) is 2.88. The van der Waals surface area contributed by atoms with E-state index in [0.29, 0.717) is 6.42 Å². The zero-order chi connectivity index (χ0) is 13.8. The Kier molecular flexibility index (Phi) is 3.61. The number of fused-ring (bicyclic) bond motifs is 1. The normalized spacial score (nSPS) is 13.1. The SMILES string of the molecule is O[C@H](/C=C/c1ccccc1)Cc1nc2ccccc2[nH]1. The van der Waals surface area contributed by atoms with Gasteiger partial charge in [-0.25, -0.2) is 4.98 Å². The molecule has 3 aromatic rings. The van der Waals surface area contributed by atoms with Crippen molar-refractivity contribution in [1.82, 2.24) is 9.97 Å². The van der Waals surface area contributed by atoms with Crippen LogP contribution in [0.15, 0.2) is 60.7 Å². The standard InChI is InChI=1S/C17H16N2O/c20-14(11-10-13-6-2-1-3-7-13)12-17-18-15-8-4-5-9-16(15)19-17/h1-11,14,20H,12H2,(H,18,19)/b11-10+/t14-/m1/s1. The molecule has 0 aliphatic heterocycles. The minimum atomic E-state index is -0.546.